The molecule has 0 aliphatic heterocycles. The summed E-state index contributed by atoms with van der Waals surface area (Å²) in [5, 5.41) is 8.36. The molecular formula is C12H19N3O2S. The van der Waals surface area contributed by atoms with E-state index in [9.17, 15) is 8.42 Å². The predicted molar refractivity (Wildman–Crippen MR) is 72.7 cm³/mol. The predicted octanol–water partition coefficient (Wildman–Crippen LogP) is 1.52. The number of hydrogen-bond acceptors (Lipinski definition) is 4. The molecule has 18 heavy (non-hydrogen) atoms. The largest absolute Gasteiger partial charge is 0.399 e. The van der Waals surface area contributed by atoms with Gasteiger partial charge >= 0.3 is 0 Å². The van der Waals surface area contributed by atoms with E-state index in [0.29, 0.717) is 16.8 Å². The fraction of sp³-hybridized carbons (Fsp3) is 0.500. The second-order valence-corrected chi connectivity index (χ2v) is 6.60. The van der Waals surface area contributed by atoms with Gasteiger partial charge in [-0.3, -0.25) is 0 Å². The summed E-state index contributed by atoms with van der Waals surface area (Å²) < 4.78 is 22.6. The highest BCUT2D eigenvalue weighted by Gasteiger charge is 2.40. The van der Waals surface area contributed by atoms with Crippen molar-refractivity contribution < 1.29 is 8.42 Å². The Balaban J connectivity index is 2.16. The molecule has 100 valence electrons. The number of primary sulfonamides is 1. The average molecular weight is 269 g/mol. The Morgan fingerprint density at radius 3 is 2.50 bits per heavy atom. The smallest absolute Gasteiger partial charge is 0.238 e. The van der Waals surface area contributed by atoms with Crippen LogP contribution in [0.1, 0.15) is 26.2 Å². The van der Waals surface area contributed by atoms with E-state index >= 15 is 0 Å². The highest BCUT2D eigenvalue weighted by molar-refractivity contribution is 7.89. The van der Waals surface area contributed by atoms with E-state index in [0.717, 1.165) is 13.0 Å². The zero-order valence-electron chi connectivity index (χ0n) is 10.4. The van der Waals surface area contributed by atoms with E-state index < -0.39 is 10.0 Å². The lowest BCUT2D eigenvalue weighted by Gasteiger charge is -2.15. The van der Waals surface area contributed by atoms with Gasteiger partial charge in [0.15, 0.2) is 0 Å². The minimum Gasteiger partial charge on any atom is -0.399 e. The number of rotatable bonds is 5. The van der Waals surface area contributed by atoms with Gasteiger partial charge in [0.25, 0.3) is 0 Å². The Morgan fingerprint density at radius 2 is 2.00 bits per heavy atom. The Morgan fingerprint density at radius 1 is 1.33 bits per heavy atom. The summed E-state index contributed by atoms with van der Waals surface area (Å²) in [4.78, 5) is 0.0475. The van der Waals surface area contributed by atoms with Crippen molar-refractivity contribution in [3.63, 3.8) is 0 Å². The molecule has 1 fully saturated rings. The molecule has 0 unspecified atom stereocenters. The molecule has 1 aromatic rings. The standard InChI is InChI=1S/C12H19N3O2S/c1-2-12(3-4-12)8-15-10-5-9(13)6-11(7-10)18(14,16)17/h5-7,15H,2-4,8,13H2,1H3,(H2,14,16,17). The maximum Gasteiger partial charge on any atom is 0.238 e. The number of benzene rings is 1. The van der Waals surface area contributed by atoms with Crippen LogP contribution >= 0.6 is 0 Å². The maximum absolute atomic E-state index is 11.3. The number of hydrogen-bond donors (Lipinski definition) is 3. The first-order chi connectivity index (χ1) is 8.35. The summed E-state index contributed by atoms with van der Waals surface area (Å²) in [6.07, 6.45) is 3.58. The van der Waals surface area contributed by atoms with E-state index in [1.54, 1.807) is 6.07 Å². The summed E-state index contributed by atoms with van der Waals surface area (Å²) in [5.41, 5.74) is 7.17. The van der Waals surface area contributed by atoms with Gasteiger partial charge in [-0.25, -0.2) is 13.6 Å². The van der Waals surface area contributed by atoms with Crippen molar-refractivity contribution in [1.82, 2.24) is 0 Å². The number of anilines is 2. The fourth-order valence-corrected chi connectivity index (χ4v) is 2.60. The topological polar surface area (TPSA) is 98.2 Å². The molecule has 0 bridgehead atoms. The van der Waals surface area contributed by atoms with Crippen LogP contribution in [0.3, 0.4) is 0 Å². The highest BCUT2D eigenvalue weighted by Crippen LogP contribution is 2.48. The lowest BCUT2D eigenvalue weighted by atomic mass is 10.0. The van der Waals surface area contributed by atoms with Crippen molar-refractivity contribution in [2.75, 3.05) is 17.6 Å². The van der Waals surface area contributed by atoms with Crippen molar-refractivity contribution in [2.45, 2.75) is 31.1 Å². The van der Waals surface area contributed by atoms with Gasteiger partial charge in [0, 0.05) is 17.9 Å². The molecule has 0 radical (unpaired) electrons. The van der Waals surface area contributed by atoms with Crippen LogP contribution in [-0.4, -0.2) is 15.0 Å². The van der Waals surface area contributed by atoms with Crippen LogP contribution in [0.15, 0.2) is 23.1 Å². The maximum atomic E-state index is 11.3. The van der Waals surface area contributed by atoms with Gasteiger partial charge in [0.1, 0.15) is 0 Å². The Bertz CT molecular complexity index is 550. The number of nitrogens with two attached hydrogens (primary N) is 2. The van der Waals surface area contributed by atoms with Gasteiger partial charge in [-0.15, -0.1) is 0 Å². The molecule has 1 saturated carbocycles. The second-order valence-electron chi connectivity index (χ2n) is 5.04. The molecule has 1 aromatic carbocycles. The zero-order valence-corrected chi connectivity index (χ0v) is 11.3. The van der Waals surface area contributed by atoms with Crippen LogP contribution in [-0.2, 0) is 10.0 Å². The molecule has 5 N–H and O–H groups in total. The molecule has 0 amide bonds. The molecular weight excluding hydrogens is 250 g/mol. The molecule has 1 aliphatic rings. The fourth-order valence-electron chi connectivity index (χ4n) is 2.01. The van der Waals surface area contributed by atoms with Crippen LogP contribution in [0, 0.1) is 5.41 Å². The third-order valence-corrected chi connectivity index (χ3v) is 4.52. The van der Waals surface area contributed by atoms with Gasteiger partial charge in [-0.05, 0) is 42.9 Å². The van der Waals surface area contributed by atoms with E-state index in [1.807, 2.05) is 0 Å². The normalized spacial score (nSPS) is 17.4. The number of nitrogens with one attached hydrogen (secondary N) is 1. The van der Waals surface area contributed by atoms with Crippen LogP contribution in [0.2, 0.25) is 0 Å². The van der Waals surface area contributed by atoms with Gasteiger partial charge in [0.05, 0.1) is 4.90 Å². The second kappa shape index (κ2) is 4.44. The van der Waals surface area contributed by atoms with Crippen LogP contribution in [0.25, 0.3) is 0 Å². The van der Waals surface area contributed by atoms with E-state index in [1.165, 1.54) is 25.0 Å². The molecule has 2 rings (SSSR count). The van der Waals surface area contributed by atoms with Crippen LogP contribution in [0.4, 0.5) is 11.4 Å². The minimum atomic E-state index is -3.71. The molecule has 0 heterocycles. The van der Waals surface area contributed by atoms with Crippen molar-refractivity contribution in [3.8, 4) is 0 Å². The Kier molecular flexibility index (Phi) is 3.25. The first-order valence-electron chi connectivity index (χ1n) is 6.02. The van der Waals surface area contributed by atoms with Crippen molar-refractivity contribution in [3.05, 3.63) is 18.2 Å². The summed E-state index contributed by atoms with van der Waals surface area (Å²) in [6.45, 7) is 3.01. The van der Waals surface area contributed by atoms with Gasteiger partial charge in [-0.2, -0.15) is 0 Å². The van der Waals surface area contributed by atoms with Gasteiger partial charge in [0.2, 0.25) is 10.0 Å². The first-order valence-corrected chi connectivity index (χ1v) is 7.57. The molecule has 0 saturated heterocycles. The quantitative estimate of drug-likeness (QED) is 0.706. The van der Waals surface area contributed by atoms with Crippen molar-refractivity contribution >= 4 is 21.4 Å². The lowest BCUT2D eigenvalue weighted by Crippen LogP contribution is -2.16. The molecule has 0 atom stereocenters. The zero-order chi connectivity index (χ0) is 13.4. The summed E-state index contributed by atoms with van der Waals surface area (Å²) in [7, 11) is -3.71. The van der Waals surface area contributed by atoms with Crippen LogP contribution < -0.4 is 16.2 Å². The molecule has 1 aliphatic carbocycles. The average Bonchev–Trinajstić information content (AvgIpc) is 3.05. The Hall–Kier alpha value is -1.27. The third kappa shape index (κ3) is 2.94. The number of sulfonamides is 1. The lowest BCUT2D eigenvalue weighted by molar-refractivity contribution is 0.521. The van der Waals surface area contributed by atoms with E-state index in [2.05, 4.69) is 12.2 Å². The SMILES string of the molecule is CCC1(CNc2cc(N)cc(S(N)(=O)=O)c2)CC1. The van der Waals surface area contributed by atoms with Gasteiger partial charge in [-0.1, -0.05) is 6.92 Å². The Labute approximate surface area is 108 Å². The first kappa shape index (κ1) is 13.2. The van der Waals surface area contributed by atoms with E-state index in [4.69, 9.17) is 10.9 Å². The van der Waals surface area contributed by atoms with Crippen LogP contribution in [0.5, 0.6) is 0 Å². The number of nitrogen functional groups attached to an aromatic ring is 1. The molecule has 6 heteroatoms. The summed E-state index contributed by atoms with van der Waals surface area (Å²) in [5.74, 6) is 0. The molecule has 5 nitrogen and oxygen atoms in total. The monoisotopic (exact) mass is 269 g/mol. The van der Waals surface area contributed by atoms with Crippen molar-refractivity contribution in [2.24, 2.45) is 10.6 Å². The minimum absolute atomic E-state index is 0.0475. The molecule has 0 aromatic heterocycles. The van der Waals surface area contributed by atoms with Crippen molar-refractivity contribution in [1.29, 1.82) is 0 Å². The highest BCUT2D eigenvalue weighted by atomic mass is 32.2. The summed E-state index contributed by atoms with van der Waals surface area (Å²) in [6, 6.07) is 4.62. The third-order valence-electron chi connectivity index (χ3n) is 3.63. The van der Waals surface area contributed by atoms with Gasteiger partial charge < -0.3 is 11.1 Å². The molecule has 0 spiro atoms. The van der Waals surface area contributed by atoms with E-state index in [-0.39, 0.29) is 4.90 Å². The summed E-state index contributed by atoms with van der Waals surface area (Å²) >= 11 is 0.